The van der Waals surface area contributed by atoms with Crippen molar-refractivity contribution in [3.8, 4) is 0 Å². The van der Waals surface area contributed by atoms with Gasteiger partial charge in [-0.2, -0.15) is 0 Å². The lowest BCUT2D eigenvalue weighted by atomic mass is 10.1. The van der Waals surface area contributed by atoms with Crippen molar-refractivity contribution in [1.29, 1.82) is 0 Å². The first-order valence-electron chi connectivity index (χ1n) is 5.87. The summed E-state index contributed by atoms with van der Waals surface area (Å²) in [7, 11) is 0. The zero-order valence-corrected chi connectivity index (χ0v) is 13.8. The fourth-order valence-electron chi connectivity index (χ4n) is 2.03. The van der Waals surface area contributed by atoms with Crippen LogP contribution in [0.1, 0.15) is 17.4 Å². The molecule has 2 aromatic carbocycles. The predicted molar refractivity (Wildman–Crippen MR) is 89.5 cm³/mol. The molecule has 0 saturated heterocycles. The Hall–Kier alpha value is -0.750. The van der Waals surface area contributed by atoms with E-state index in [0.717, 1.165) is 8.96 Å². The molecule has 102 valence electrons. The molecule has 0 spiro atoms. The Labute approximate surface area is 139 Å². The van der Waals surface area contributed by atoms with Gasteiger partial charge in [0, 0.05) is 8.96 Å². The van der Waals surface area contributed by atoms with E-state index in [4.69, 9.17) is 27.6 Å². The highest BCUT2D eigenvalue weighted by Crippen LogP contribution is 2.33. The average molecular weight is 419 g/mol. The monoisotopic (exact) mass is 418 g/mol. The van der Waals surface area contributed by atoms with Crippen LogP contribution in [0.5, 0.6) is 0 Å². The molecule has 0 fully saturated rings. The Morgan fingerprint density at radius 2 is 1.85 bits per heavy atom. The topological polar surface area (TPSA) is 33.4 Å². The number of hydrogen-bond donors (Lipinski definition) is 1. The first kappa shape index (κ1) is 14.2. The summed E-state index contributed by atoms with van der Waals surface area (Å²) in [5.74, 6) is 0.449. The summed E-state index contributed by atoms with van der Waals surface area (Å²) >= 11 is 14.3. The van der Waals surface area contributed by atoms with Gasteiger partial charge in [-0.25, -0.2) is 0 Å². The van der Waals surface area contributed by atoms with Crippen LogP contribution in [0.2, 0.25) is 10.0 Å². The van der Waals surface area contributed by atoms with Crippen LogP contribution in [0.15, 0.2) is 46.9 Å². The van der Waals surface area contributed by atoms with E-state index in [1.165, 1.54) is 0 Å². The minimum Gasteiger partial charge on any atom is -0.456 e. The van der Waals surface area contributed by atoms with Crippen LogP contribution >= 0.6 is 45.8 Å². The van der Waals surface area contributed by atoms with Gasteiger partial charge in [-0.05, 0) is 52.4 Å². The smallest absolute Gasteiger partial charge is 0.153 e. The van der Waals surface area contributed by atoms with Crippen LogP contribution < -0.4 is 0 Å². The third-order valence-electron chi connectivity index (χ3n) is 3.04. The molecular weight excluding hydrogens is 410 g/mol. The maximum atomic E-state index is 10.4. The first-order chi connectivity index (χ1) is 9.56. The van der Waals surface area contributed by atoms with E-state index in [-0.39, 0.29) is 0 Å². The number of aliphatic hydroxyl groups excluding tert-OH is 1. The summed E-state index contributed by atoms with van der Waals surface area (Å²) < 4.78 is 6.60. The highest BCUT2D eigenvalue weighted by molar-refractivity contribution is 14.1. The van der Waals surface area contributed by atoms with E-state index in [0.29, 0.717) is 27.0 Å². The van der Waals surface area contributed by atoms with Crippen LogP contribution in [0.3, 0.4) is 0 Å². The van der Waals surface area contributed by atoms with Gasteiger partial charge in [0.05, 0.1) is 10.0 Å². The number of halogens is 3. The SMILES string of the molecule is OC(c1ccc(I)c(Cl)c1)c1cc2cccc(Cl)c2o1. The molecular formula is C15H9Cl2IO2. The first-order valence-corrected chi connectivity index (χ1v) is 7.70. The Morgan fingerprint density at radius 3 is 2.55 bits per heavy atom. The quantitative estimate of drug-likeness (QED) is 0.563. The highest BCUT2D eigenvalue weighted by Gasteiger charge is 2.17. The molecule has 1 aromatic heterocycles. The molecule has 0 bridgehead atoms. The molecule has 1 unspecified atom stereocenters. The van der Waals surface area contributed by atoms with Gasteiger partial charge in [-0.3, -0.25) is 0 Å². The third-order valence-corrected chi connectivity index (χ3v) is 4.91. The lowest BCUT2D eigenvalue weighted by Gasteiger charge is -2.09. The number of fused-ring (bicyclic) bond motifs is 1. The molecule has 0 saturated carbocycles. The average Bonchev–Trinajstić information content (AvgIpc) is 2.86. The second kappa shape index (κ2) is 5.56. The molecule has 0 amide bonds. The fraction of sp³-hybridized carbons (Fsp3) is 0.0667. The van der Waals surface area contributed by atoms with E-state index in [1.54, 1.807) is 18.2 Å². The summed E-state index contributed by atoms with van der Waals surface area (Å²) in [4.78, 5) is 0. The second-order valence-electron chi connectivity index (χ2n) is 4.38. The molecule has 2 nitrogen and oxygen atoms in total. The van der Waals surface area contributed by atoms with Crippen molar-refractivity contribution in [2.45, 2.75) is 6.10 Å². The maximum Gasteiger partial charge on any atom is 0.153 e. The Bertz CT molecular complexity index is 783. The Kier molecular flexibility index (Phi) is 3.95. The second-order valence-corrected chi connectivity index (χ2v) is 6.36. The van der Waals surface area contributed by atoms with Gasteiger partial charge in [0.15, 0.2) is 5.58 Å². The lowest BCUT2D eigenvalue weighted by molar-refractivity contribution is 0.192. The number of hydrogen-bond acceptors (Lipinski definition) is 2. The van der Waals surface area contributed by atoms with Gasteiger partial charge < -0.3 is 9.52 Å². The van der Waals surface area contributed by atoms with Crippen molar-refractivity contribution in [3.63, 3.8) is 0 Å². The number of aliphatic hydroxyl groups is 1. The highest BCUT2D eigenvalue weighted by atomic mass is 127. The molecule has 20 heavy (non-hydrogen) atoms. The number of furan rings is 1. The van der Waals surface area contributed by atoms with Crippen molar-refractivity contribution in [2.24, 2.45) is 0 Å². The van der Waals surface area contributed by atoms with Crippen molar-refractivity contribution in [2.75, 3.05) is 0 Å². The molecule has 1 N–H and O–H groups in total. The number of para-hydroxylation sites is 1. The molecule has 1 heterocycles. The van der Waals surface area contributed by atoms with Crippen molar-refractivity contribution in [1.82, 2.24) is 0 Å². The molecule has 0 aliphatic carbocycles. The Balaban J connectivity index is 2.05. The third kappa shape index (κ3) is 2.55. The van der Waals surface area contributed by atoms with E-state index in [2.05, 4.69) is 22.6 Å². The van der Waals surface area contributed by atoms with Gasteiger partial charge in [0.25, 0.3) is 0 Å². The largest absolute Gasteiger partial charge is 0.456 e. The van der Waals surface area contributed by atoms with Crippen molar-refractivity contribution in [3.05, 3.63) is 67.4 Å². The summed E-state index contributed by atoms with van der Waals surface area (Å²) in [5.41, 5.74) is 1.27. The minimum atomic E-state index is -0.868. The summed E-state index contributed by atoms with van der Waals surface area (Å²) in [6, 6.07) is 12.7. The van der Waals surface area contributed by atoms with E-state index in [9.17, 15) is 5.11 Å². The van der Waals surface area contributed by atoms with Crippen LogP contribution in [-0.2, 0) is 0 Å². The van der Waals surface area contributed by atoms with Crippen LogP contribution in [0.25, 0.3) is 11.0 Å². The van der Waals surface area contributed by atoms with Gasteiger partial charge in [0.2, 0.25) is 0 Å². The lowest BCUT2D eigenvalue weighted by Crippen LogP contribution is -1.98. The predicted octanol–water partition coefficient (Wildman–Crippen LogP) is 5.43. The van der Waals surface area contributed by atoms with Gasteiger partial charge in [-0.15, -0.1) is 0 Å². The zero-order chi connectivity index (χ0) is 14.3. The van der Waals surface area contributed by atoms with Crippen LogP contribution in [-0.4, -0.2) is 5.11 Å². The Morgan fingerprint density at radius 1 is 1.05 bits per heavy atom. The minimum absolute atomic E-state index is 0.449. The standard InChI is InChI=1S/C15H9Cl2IO2/c16-10-3-1-2-9-7-13(20-15(9)10)14(19)8-4-5-12(18)11(17)6-8/h1-7,14,19H. The fourth-order valence-corrected chi connectivity index (χ4v) is 2.77. The molecule has 3 rings (SSSR count). The van der Waals surface area contributed by atoms with E-state index in [1.807, 2.05) is 24.3 Å². The van der Waals surface area contributed by atoms with Crippen molar-refractivity contribution >= 4 is 56.8 Å². The van der Waals surface area contributed by atoms with E-state index < -0.39 is 6.10 Å². The summed E-state index contributed by atoms with van der Waals surface area (Å²) in [5, 5.41) is 12.4. The molecule has 5 heteroatoms. The summed E-state index contributed by atoms with van der Waals surface area (Å²) in [6.07, 6.45) is -0.868. The zero-order valence-electron chi connectivity index (χ0n) is 10.1. The number of benzene rings is 2. The molecule has 0 aliphatic rings. The normalized spacial score (nSPS) is 12.8. The molecule has 3 aromatic rings. The summed E-state index contributed by atoms with van der Waals surface area (Å²) in [6.45, 7) is 0. The van der Waals surface area contributed by atoms with Gasteiger partial charge >= 0.3 is 0 Å². The molecule has 0 radical (unpaired) electrons. The van der Waals surface area contributed by atoms with Crippen molar-refractivity contribution < 1.29 is 9.52 Å². The molecule has 0 aliphatic heterocycles. The number of rotatable bonds is 2. The van der Waals surface area contributed by atoms with Gasteiger partial charge in [0.1, 0.15) is 11.9 Å². The van der Waals surface area contributed by atoms with Crippen LogP contribution in [0, 0.1) is 3.57 Å². The van der Waals surface area contributed by atoms with Crippen LogP contribution in [0.4, 0.5) is 0 Å². The maximum absolute atomic E-state index is 10.4. The van der Waals surface area contributed by atoms with E-state index >= 15 is 0 Å². The molecule has 1 atom stereocenters. The van der Waals surface area contributed by atoms with Gasteiger partial charge in [-0.1, -0.05) is 41.4 Å².